The smallest absolute Gasteiger partial charge is 0.264 e. The van der Waals surface area contributed by atoms with Gasteiger partial charge >= 0.3 is 5.69 Å². The molecule has 0 atom stereocenters. The molecule has 0 saturated heterocycles. The van der Waals surface area contributed by atoms with Crippen LogP contribution in [0.2, 0.25) is 0 Å². The Morgan fingerprint density at radius 2 is 2.38 bits per heavy atom. The van der Waals surface area contributed by atoms with Gasteiger partial charge in [0, 0.05) is 12.8 Å². The topological polar surface area (TPSA) is 50.7 Å². The van der Waals surface area contributed by atoms with Crippen molar-refractivity contribution in [3.8, 4) is 0 Å². The van der Waals surface area contributed by atoms with Crippen molar-refractivity contribution in [3.05, 3.63) is 22.1 Å². The molecule has 1 N–H and O–H groups in total. The van der Waals surface area contributed by atoms with Crippen LogP contribution in [0, 0.1) is 0 Å². The molecule has 1 aromatic heterocycles. The van der Waals surface area contributed by atoms with Gasteiger partial charge in [0.25, 0.3) is 0 Å². The van der Waals surface area contributed by atoms with Gasteiger partial charge in [0.15, 0.2) is 5.16 Å². The van der Waals surface area contributed by atoms with Crippen molar-refractivity contribution < 1.29 is 0 Å². The Hall–Kier alpha value is -0.970. The largest absolute Gasteiger partial charge is 0.362 e. The van der Waals surface area contributed by atoms with E-state index >= 15 is 0 Å². The molecule has 0 aliphatic carbocycles. The molecule has 1 heterocycles. The lowest BCUT2D eigenvalue weighted by Crippen LogP contribution is -2.03. The van der Waals surface area contributed by atoms with E-state index in [4.69, 9.17) is 0 Å². The van der Waals surface area contributed by atoms with Crippen molar-refractivity contribution in [1.29, 1.82) is 0 Å². The number of hydrogen-bond donors (Lipinski definition) is 1. The van der Waals surface area contributed by atoms with Crippen LogP contribution in [0.1, 0.15) is 13.8 Å². The van der Waals surface area contributed by atoms with Crippen LogP contribution in [0.4, 0.5) is 0 Å². The van der Waals surface area contributed by atoms with E-state index in [2.05, 4.69) is 16.2 Å². The van der Waals surface area contributed by atoms with Crippen LogP contribution < -0.4 is 5.69 Å². The van der Waals surface area contributed by atoms with Gasteiger partial charge in [-0.3, -0.25) is 4.68 Å². The second-order valence-corrected chi connectivity index (χ2v) is 3.95. The minimum Gasteiger partial charge on any atom is -0.264 e. The normalized spacial score (nSPS) is 10.1. The number of allylic oxidation sites excluding steroid dienone is 1. The third-order valence-electron chi connectivity index (χ3n) is 1.45. The SMILES string of the molecule is CC(C)=CCSc1nc(=O)[nH]n1C. The number of nitrogens with zero attached hydrogens (tertiary/aromatic N) is 2. The summed E-state index contributed by atoms with van der Waals surface area (Å²) in [4.78, 5) is 14.6. The maximum atomic E-state index is 10.8. The fraction of sp³-hybridized carbons (Fsp3) is 0.500. The first kappa shape index (κ1) is 10.1. The maximum Gasteiger partial charge on any atom is 0.362 e. The van der Waals surface area contributed by atoms with Gasteiger partial charge in [-0.25, -0.2) is 9.89 Å². The molecule has 0 amide bonds. The van der Waals surface area contributed by atoms with E-state index < -0.39 is 0 Å². The van der Waals surface area contributed by atoms with Crippen molar-refractivity contribution in [2.24, 2.45) is 7.05 Å². The Morgan fingerprint density at radius 1 is 1.69 bits per heavy atom. The number of thioether (sulfide) groups is 1. The highest BCUT2D eigenvalue weighted by Crippen LogP contribution is 2.12. The zero-order valence-corrected chi connectivity index (χ0v) is 8.81. The minimum absolute atomic E-state index is 0.290. The highest BCUT2D eigenvalue weighted by Gasteiger charge is 2.00. The van der Waals surface area contributed by atoms with Gasteiger partial charge in [0.1, 0.15) is 0 Å². The Kier molecular flexibility index (Phi) is 3.36. The van der Waals surface area contributed by atoms with Crippen LogP contribution in [-0.4, -0.2) is 20.5 Å². The zero-order valence-electron chi connectivity index (χ0n) is 8.00. The first-order valence-corrected chi connectivity index (χ1v) is 4.97. The van der Waals surface area contributed by atoms with Crippen molar-refractivity contribution in [3.63, 3.8) is 0 Å². The molecular weight excluding hydrogens is 186 g/mol. The van der Waals surface area contributed by atoms with Crippen LogP contribution in [0.3, 0.4) is 0 Å². The van der Waals surface area contributed by atoms with E-state index in [0.717, 1.165) is 10.9 Å². The van der Waals surface area contributed by atoms with E-state index in [1.165, 1.54) is 5.57 Å². The standard InChI is InChI=1S/C8H13N3OS/c1-6(2)4-5-13-8-9-7(12)10-11(8)3/h4H,5H2,1-3H3,(H,10,12). The second kappa shape index (κ2) is 4.32. The van der Waals surface area contributed by atoms with Crippen LogP contribution in [-0.2, 0) is 7.05 Å². The van der Waals surface area contributed by atoms with E-state index in [1.807, 2.05) is 13.8 Å². The molecule has 0 spiro atoms. The Morgan fingerprint density at radius 3 is 2.85 bits per heavy atom. The predicted octanol–water partition coefficient (Wildman–Crippen LogP) is 1.17. The first-order chi connectivity index (χ1) is 6.09. The summed E-state index contributed by atoms with van der Waals surface area (Å²) in [7, 11) is 1.78. The molecule has 0 aliphatic rings. The number of hydrogen-bond acceptors (Lipinski definition) is 3. The number of aromatic amines is 1. The van der Waals surface area contributed by atoms with Crippen LogP contribution in [0.25, 0.3) is 0 Å². The molecule has 0 aliphatic heterocycles. The Balaban J connectivity index is 2.60. The van der Waals surface area contributed by atoms with E-state index in [0.29, 0.717) is 0 Å². The Bertz CT molecular complexity index is 360. The average molecular weight is 199 g/mol. The molecule has 0 unspecified atom stereocenters. The molecule has 1 rings (SSSR count). The summed E-state index contributed by atoms with van der Waals surface area (Å²) >= 11 is 1.54. The van der Waals surface area contributed by atoms with Gasteiger partial charge < -0.3 is 0 Å². The van der Waals surface area contributed by atoms with E-state index in [9.17, 15) is 4.79 Å². The molecule has 5 heteroatoms. The van der Waals surface area contributed by atoms with Crippen LogP contribution >= 0.6 is 11.8 Å². The van der Waals surface area contributed by atoms with Crippen molar-refractivity contribution in [2.75, 3.05) is 5.75 Å². The number of H-pyrrole nitrogens is 1. The second-order valence-electron chi connectivity index (χ2n) is 2.96. The molecular formula is C8H13N3OS. The summed E-state index contributed by atoms with van der Waals surface area (Å²) in [5.41, 5.74) is 0.982. The molecule has 0 radical (unpaired) electrons. The van der Waals surface area contributed by atoms with Gasteiger partial charge in [0.2, 0.25) is 0 Å². The number of aromatic nitrogens is 3. The van der Waals surface area contributed by atoms with Gasteiger partial charge in [0.05, 0.1) is 0 Å². The quantitative estimate of drug-likeness (QED) is 0.587. The highest BCUT2D eigenvalue weighted by molar-refractivity contribution is 7.99. The van der Waals surface area contributed by atoms with Gasteiger partial charge in [-0.2, -0.15) is 4.98 Å². The highest BCUT2D eigenvalue weighted by atomic mass is 32.2. The average Bonchev–Trinajstić information content (AvgIpc) is 2.29. The summed E-state index contributed by atoms with van der Waals surface area (Å²) in [6.07, 6.45) is 2.10. The summed E-state index contributed by atoms with van der Waals surface area (Å²) in [5, 5.41) is 3.28. The summed E-state index contributed by atoms with van der Waals surface area (Å²) in [6, 6.07) is 0. The molecule has 4 nitrogen and oxygen atoms in total. The third-order valence-corrected chi connectivity index (χ3v) is 2.41. The van der Waals surface area contributed by atoms with Gasteiger partial charge in [-0.15, -0.1) is 0 Å². The number of nitrogens with one attached hydrogen (secondary N) is 1. The minimum atomic E-state index is -0.290. The molecule has 0 saturated carbocycles. The number of rotatable bonds is 3. The molecule has 0 bridgehead atoms. The fourth-order valence-electron chi connectivity index (χ4n) is 0.790. The summed E-state index contributed by atoms with van der Waals surface area (Å²) in [5.74, 6) is 0.848. The first-order valence-electron chi connectivity index (χ1n) is 3.99. The van der Waals surface area contributed by atoms with Crippen molar-refractivity contribution >= 4 is 11.8 Å². The molecule has 0 fully saturated rings. The Labute approximate surface area is 81.0 Å². The molecule has 0 aromatic carbocycles. The van der Waals surface area contributed by atoms with Crippen LogP contribution in [0.5, 0.6) is 0 Å². The fourth-order valence-corrected chi connectivity index (χ4v) is 1.74. The van der Waals surface area contributed by atoms with E-state index in [-0.39, 0.29) is 5.69 Å². The lowest BCUT2D eigenvalue weighted by atomic mass is 10.3. The molecule has 1 aromatic rings. The van der Waals surface area contributed by atoms with Gasteiger partial charge in [-0.05, 0) is 13.8 Å². The monoisotopic (exact) mass is 199 g/mol. The predicted molar refractivity (Wildman–Crippen MR) is 54.0 cm³/mol. The van der Waals surface area contributed by atoms with Crippen molar-refractivity contribution in [1.82, 2.24) is 14.8 Å². The van der Waals surface area contributed by atoms with Gasteiger partial charge in [-0.1, -0.05) is 23.4 Å². The van der Waals surface area contributed by atoms with Crippen molar-refractivity contribution in [2.45, 2.75) is 19.0 Å². The molecule has 13 heavy (non-hydrogen) atoms. The maximum absolute atomic E-state index is 10.8. The molecule has 72 valence electrons. The third kappa shape index (κ3) is 3.10. The van der Waals surface area contributed by atoms with E-state index in [1.54, 1.807) is 23.5 Å². The number of aryl methyl sites for hydroxylation is 1. The summed E-state index contributed by atoms with van der Waals surface area (Å²) < 4.78 is 1.63. The lowest BCUT2D eigenvalue weighted by molar-refractivity contribution is 0.682. The lowest BCUT2D eigenvalue weighted by Gasteiger charge is -1.96. The zero-order chi connectivity index (χ0) is 9.84. The van der Waals surface area contributed by atoms with Crippen LogP contribution in [0.15, 0.2) is 21.6 Å². The summed E-state index contributed by atoms with van der Waals surface area (Å²) in [6.45, 7) is 4.09.